The molecule has 0 aliphatic carbocycles. The van der Waals surface area contributed by atoms with Gasteiger partial charge in [0.15, 0.2) is 0 Å². The maximum atomic E-state index is 13.1. The van der Waals surface area contributed by atoms with Crippen LogP contribution < -0.4 is 10.0 Å². The molecule has 2 rings (SSSR count). The van der Waals surface area contributed by atoms with Crippen LogP contribution >= 0.6 is 0 Å². The van der Waals surface area contributed by atoms with Gasteiger partial charge in [-0.3, -0.25) is 10.0 Å². The molecule has 2 aromatic carbocycles. The summed E-state index contributed by atoms with van der Waals surface area (Å²) in [4.78, 5) is 11.1. The second kappa shape index (κ2) is 6.66. The summed E-state index contributed by atoms with van der Waals surface area (Å²) >= 11 is 0. The van der Waals surface area contributed by atoms with Gasteiger partial charge in [-0.25, -0.2) is 17.6 Å². The second-order valence-corrected chi connectivity index (χ2v) is 6.36. The Kier molecular flexibility index (Phi) is 4.85. The van der Waals surface area contributed by atoms with Crippen molar-refractivity contribution in [2.45, 2.75) is 11.8 Å². The van der Waals surface area contributed by atoms with Gasteiger partial charge >= 0.3 is 6.09 Å². The van der Waals surface area contributed by atoms with Crippen LogP contribution in [0.25, 0.3) is 0 Å². The average Bonchev–Trinajstić information content (AvgIpc) is 2.48. The number of ether oxygens (including phenoxy) is 1. The SMILES string of the molecule is COC(=O)Nc1ccc(NS(=O)(=O)c2ccc(F)cc2C)cc1. The molecule has 2 aromatic rings. The topological polar surface area (TPSA) is 84.5 Å². The Balaban J connectivity index is 2.19. The molecule has 0 bridgehead atoms. The van der Waals surface area contributed by atoms with E-state index in [4.69, 9.17) is 0 Å². The Morgan fingerprint density at radius 2 is 1.70 bits per heavy atom. The molecule has 122 valence electrons. The Morgan fingerprint density at radius 3 is 2.26 bits per heavy atom. The summed E-state index contributed by atoms with van der Waals surface area (Å²) in [6.45, 7) is 1.51. The van der Waals surface area contributed by atoms with Crippen LogP contribution in [0.15, 0.2) is 47.4 Å². The van der Waals surface area contributed by atoms with Crippen molar-refractivity contribution in [3.63, 3.8) is 0 Å². The Labute approximate surface area is 133 Å². The van der Waals surface area contributed by atoms with Crippen LogP contribution in [-0.2, 0) is 14.8 Å². The van der Waals surface area contributed by atoms with E-state index in [0.29, 0.717) is 16.9 Å². The maximum absolute atomic E-state index is 13.1. The molecule has 0 heterocycles. The first-order valence-corrected chi connectivity index (χ1v) is 8.04. The summed E-state index contributed by atoms with van der Waals surface area (Å²) in [5.41, 5.74) is 1.07. The average molecular weight is 338 g/mol. The van der Waals surface area contributed by atoms with Crippen molar-refractivity contribution in [3.8, 4) is 0 Å². The molecule has 2 N–H and O–H groups in total. The van der Waals surface area contributed by atoms with Crippen LogP contribution in [0.2, 0.25) is 0 Å². The molecule has 0 spiro atoms. The first kappa shape index (κ1) is 16.8. The van der Waals surface area contributed by atoms with Gasteiger partial charge in [-0.05, 0) is 55.0 Å². The zero-order chi connectivity index (χ0) is 17.0. The highest BCUT2D eigenvalue weighted by atomic mass is 32.2. The normalized spacial score (nSPS) is 10.9. The molecule has 0 unspecified atom stereocenters. The van der Waals surface area contributed by atoms with Crippen LogP contribution in [0.4, 0.5) is 20.6 Å². The summed E-state index contributed by atoms with van der Waals surface area (Å²) < 4.78 is 44.6. The summed E-state index contributed by atoms with van der Waals surface area (Å²) in [5.74, 6) is -0.500. The third-order valence-corrected chi connectivity index (χ3v) is 4.54. The number of carbonyl (C=O) groups excluding carboxylic acids is 1. The van der Waals surface area contributed by atoms with Gasteiger partial charge in [-0.2, -0.15) is 0 Å². The smallest absolute Gasteiger partial charge is 0.411 e. The van der Waals surface area contributed by atoms with E-state index in [1.807, 2.05) is 0 Å². The lowest BCUT2D eigenvalue weighted by atomic mass is 10.2. The Hall–Kier alpha value is -2.61. The minimum absolute atomic E-state index is 0.00402. The fraction of sp³-hybridized carbons (Fsp3) is 0.133. The van der Waals surface area contributed by atoms with E-state index in [0.717, 1.165) is 12.1 Å². The predicted octanol–water partition coefficient (Wildman–Crippen LogP) is 3.11. The van der Waals surface area contributed by atoms with Crippen molar-refractivity contribution in [1.82, 2.24) is 0 Å². The number of carbonyl (C=O) groups is 1. The van der Waals surface area contributed by atoms with Crippen LogP contribution in [0.1, 0.15) is 5.56 Å². The van der Waals surface area contributed by atoms with E-state index in [-0.39, 0.29) is 4.90 Å². The van der Waals surface area contributed by atoms with E-state index in [9.17, 15) is 17.6 Å². The maximum Gasteiger partial charge on any atom is 0.411 e. The number of anilines is 2. The summed E-state index contributed by atoms with van der Waals surface area (Å²) in [6.07, 6.45) is -0.625. The Morgan fingerprint density at radius 1 is 1.09 bits per heavy atom. The number of nitrogens with one attached hydrogen (secondary N) is 2. The van der Waals surface area contributed by atoms with Gasteiger partial charge in [0.25, 0.3) is 10.0 Å². The van der Waals surface area contributed by atoms with E-state index in [2.05, 4.69) is 14.8 Å². The largest absolute Gasteiger partial charge is 0.453 e. The first-order valence-electron chi connectivity index (χ1n) is 6.56. The van der Waals surface area contributed by atoms with Gasteiger partial charge in [0, 0.05) is 11.4 Å². The van der Waals surface area contributed by atoms with Crippen molar-refractivity contribution >= 4 is 27.5 Å². The molecule has 0 saturated carbocycles. The van der Waals surface area contributed by atoms with Crippen molar-refractivity contribution in [2.75, 3.05) is 17.1 Å². The first-order chi connectivity index (χ1) is 10.8. The fourth-order valence-corrected chi connectivity index (χ4v) is 3.20. The van der Waals surface area contributed by atoms with Gasteiger partial charge < -0.3 is 4.74 Å². The van der Waals surface area contributed by atoms with Gasteiger partial charge in [0.05, 0.1) is 12.0 Å². The minimum Gasteiger partial charge on any atom is -0.453 e. The number of hydrogen-bond acceptors (Lipinski definition) is 4. The predicted molar refractivity (Wildman–Crippen MR) is 84.4 cm³/mol. The number of aryl methyl sites for hydroxylation is 1. The molecular weight excluding hydrogens is 323 g/mol. The summed E-state index contributed by atoms with van der Waals surface area (Å²) in [5, 5.41) is 2.45. The van der Waals surface area contributed by atoms with Crippen LogP contribution in [-0.4, -0.2) is 21.6 Å². The van der Waals surface area contributed by atoms with Crippen LogP contribution in [0.5, 0.6) is 0 Å². The number of amides is 1. The molecule has 23 heavy (non-hydrogen) atoms. The van der Waals surface area contributed by atoms with Crippen molar-refractivity contribution in [2.24, 2.45) is 0 Å². The molecular formula is C15H15FN2O4S. The van der Waals surface area contributed by atoms with E-state index in [1.54, 1.807) is 0 Å². The van der Waals surface area contributed by atoms with E-state index < -0.39 is 21.9 Å². The van der Waals surface area contributed by atoms with Gasteiger partial charge in [0.1, 0.15) is 5.82 Å². The van der Waals surface area contributed by atoms with Crippen molar-refractivity contribution in [3.05, 3.63) is 53.8 Å². The van der Waals surface area contributed by atoms with Gasteiger partial charge in [-0.1, -0.05) is 0 Å². The third kappa shape index (κ3) is 4.19. The zero-order valence-electron chi connectivity index (χ0n) is 12.5. The molecule has 0 aromatic heterocycles. The number of rotatable bonds is 4. The number of hydrogen-bond donors (Lipinski definition) is 2. The van der Waals surface area contributed by atoms with Crippen LogP contribution in [0, 0.1) is 12.7 Å². The molecule has 0 saturated heterocycles. The molecule has 0 atom stereocenters. The van der Waals surface area contributed by atoms with Crippen molar-refractivity contribution in [1.29, 1.82) is 0 Å². The fourth-order valence-electron chi connectivity index (χ4n) is 1.91. The van der Waals surface area contributed by atoms with E-state index >= 15 is 0 Å². The quantitative estimate of drug-likeness (QED) is 0.897. The van der Waals surface area contributed by atoms with E-state index in [1.165, 1.54) is 44.4 Å². The second-order valence-electron chi connectivity index (χ2n) is 4.71. The lowest BCUT2D eigenvalue weighted by Gasteiger charge is -2.11. The number of halogens is 1. The Bertz CT molecular complexity index is 820. The third-order valence-electron chi connectivity index (χ3n) is 3.00. The number of methoxy groups -OCH3 is 1. The van der Waals surface area contributed by atoms with Gasteiger partial charge in [-0.15, -0.1) is 0 Å². The number of benzene rings is 2. The molecule has 0 aliphatic rings. The van der Waals surface area contributed by atoms with Crippen LogP contribution in [0.3, 0.4) is 0 Å². The molecule has 0 fully saturated rings. The lowest BCUT2D eigenvalue weighted by molar-refractivity contribution is 0.187. The van der Waals surface area contributed by atoms with Crippen molar-refractivity contribution < 1.29 is 22.3 Å². The summed E-state index contributed by atoms with van der Waals surface area (Å²) in [6, 6.07) is 9.46. The minimum atomic E-state index is -3.83. The molecule has 0 aliphatic heterocycles. The van der Waals surface area contributed by atoms with Gasteiger partial charge in [0.2, 0.25) is 0 Å². The highest BCUT2D eigenvalue weighted by molar-refractivity contribution is 7.92. The highest BCUT2D eigenvalue weighted by Gasteiger charge is 2.17. The molecule has 1 amide bonds. The molecule has 8 heteroatoms. The zero-order valence-corrected chi connectivity index (χ0v) is 13.3. The lowest BCUT2D eigenvalue weighted by Crippen LogP contribution is -2.14. The molecule has 6 nitrogen and oxygen atoms in total. The summed E-state index contributed by atoms with van der Waals surface area (Å²) in [7, 11) is -2.59. The standard InChI is InChI=1S/C15H15FN2O4S/c1-10-9-11(16)3-8-14(10)23(20,21)18-13-6-4-12(5-7-13)17-15(19)22-2/h3-9,18H,1-2H3,(H,17,19). The monoisotopic (exact) mass is 338 g/mol. The molecule has 0 radical (unpaired) electrons. The highest BCUT2D eigenvalue weighted by Crippen LogP contribution is 2.21. The number of sulfonamides is 1.